The first-order valence-electron chi connectivity index (χ1n) is 12.3. The molecule has 0 atom stereocenters. The summed E-state index contributed by atoms with van der Waals surface area (Å²) < 4.78 is 0. The van der Waals surface area contributed by atoms with Crippen LogP contribution in [0.5, 0.6) is 0 Å². The van der Waals surface area contributed by atoms with E-state index in [2.05, 4.69) is 23.6 Å². The molecule has 0 aliphatic carbocycles. The third-order valence-corrected chi connectivity index (χ3v) is 5.17. The Hall–Kier alpha value is 1.50. The molecule has 0 heterocycles. The van der Waals surface area contributed by atoms with Crippen LogP contribution in [0.15, 0.2) is 0 Å². The van der Waals surface area contributed by atoms with E-state index in [9.17, 15) is 9.59 Å². The van der Waals surface area contributed by atoms with Gasteiger partial charge in [0.05, 0.1) is 0 Å². The molecular weight excluding hydrogens is 446 g/mol. The van der Waals surface area contributed by atoms with Crippen molar-refractivity contribution in [1.29, 1.82) is 0 Å². The summed E-state index contributed by atoms with van der Waals surface area (Å²) >= 11 is 0. The van der Waals surface area contributed by atoms with E-state index in [1.807, 2.05) is 0 Å². The molecule has 32 heavy (non-hydrogen) atoms. The van der Waals surface area contributed by atoms with Gasteiger partial charge in [0.15, 0.2) is 0 Å². The van der Waals surface area contributed by atoms with Crippen molar-refractivity contribution >= 4 is 92.9 Å². The molecule has 0 unspecified atom stereocenters. The molecule has 0 aromatic carbocycles. The zero-order chi connectivity index (χ0) is 22.7. The molecule has 0 amide bonds. The van der Waals surface area contributed by atoms with Gasteiger partial charge in [0.25, 0.3) is 0 Å². The summed E-state index contributed by atoms with van der Waals surface area (Å²) in [6.45, 7) is 4.44. The first kappa shape index (κ1) is 40.7. The van der Waals surface area contributed by atoms with Gasteiger partial charge >= 0.3 is 92.9 Å². The first-order valence-corrected chi connectivity index (χ1v) is 12.3. The van der Waals surface area contributed by atoms with Crippen molar-refractivity contribution in [2.45, 2.75) is 142 Å². The Bertz CT molecular complexity index is 338. The fraction of sp³-hybridized carbons (Fsp3) is 0.917. The van der Waals surface area contributed by atoms with Crippen LogP contribution in [0.1, 0.15) is 142 Å². The second-order valence-electron chi connectivity index (χ2n) is 8.08. The monoisotopic (exact) mass is 496 g/mol. The van der Waals surface area contributed by atoms with Gasteiger partial charge < -0.3 is 9.78 Å². The zero-order valence-electron chi connectivity index (χ0n) is 19.7. The Balaban J connectivity index is -0.000000231. The van der Waals surface area contributed by atoms with Gasteiger partial charge in [-0.15, -0.1) is 0 Å². The van der Waals surface area contributed by atoms with Crippen LogP contribution < -0.4 is 0 Å². The molecule has 0 rings (SSSR count). The summed E-state index contributed by atoms with van der Waals surface area (Å²) in [5, 5.41) is 16.0. The summed E-state index contributed by atoms with van der Waals surface area (Å²) in [5.41, 5.74) is 0. The van der Waals surface area contributed by atoms with E-state index in [0.29, 0.717) is 12.8 Å². The van der Waals surface area contributed by atoms with E-state index in [1.54, 1.807) is 0 Å². The Labute approximate surface area is 261 Å². The molecule has 0 aliphatic rings. The van der Waals surface area contributed by atoms with E-state index < -0.39 is 11.9 Å². The molecule has 0 aromatic heterocycles. The van der Waals surface area contributed by atoms with Crippen LogP contribution in [-0.4, -0.2) is 103 Å². The van der Waals surface area contributed by atoms with Crippen LogP contribution in [0.4, 0.5) is 0 Å². The third kappa shape index (κ3) is 38.7. The van der Waals surface area contributed by atoms with Crippen molar-refractivity contribution in [2.75, 3.05) is 0 Å². The van der Waals surface area contributed by atoms with E-state index in [0.717, 1.165) is 25.7 Å². The van der Waals surface area contributed by atoms with Crippen molar-refractivity contribution < 1.29 is 29.9 Å². The minimum atomic E-state index is -0.516. The van der Waals surface area contributed by atoms with Gasteiger partial charge in [-0.3, -0.25) is 0 Å². The van der Waals surface area contributed by atoms with Crippen LogP contribution in [0, 0.1) is 0 Å². The van der Waals surface area contributed by atoms with E-state index in [1.165, 1.54) is 89.9 Å². The van der Waals surface area contributed by atoms with E-state index in [-0.39, 0.29) is 80.9 Å². The average molecular weight is 497 g/mol. The number of unbranched alkanes of at least 4 members (excludes halogenated alkanes) is 16. The van der Waals surface area contributed by atoms with Crippen molar-refractivity contribution in [3.63, 3.8) is 0 Å². The van der Waals surface area contributed by atoms with Crippen molar-refractivity contribution in [1.82, 2.24) is 0 Å². The van der Waals surface area contributed by atoms with Crippen LogP contribution in [0.25, 0.3) is 0 Å². The minimum absolute atomic E-state index is 0. The summed E-state index contributed by atoms with van der Waals surface area (Å²) in [6.07, 6.45) is 22.6. The quantitative estimate of drug-likeness (QED) is 0.0859. The normalized spacial score (nSPS) is 9.62. The van der Waals surface area contributed by atoms with Crippen molar-refractivity contribution in [3.05, 3.63) is 0 Å². The Morgan fingerprint density at radius 3 is 0.938 bits per heavy atom. The summed E-state index contributed by atoms with van der Waals surface area (Å²) in [5.74, 6) is -1.03. The number of hydrogen-bond donors (Lipinski definition) is 2. The standard InChI is InChI=1S/2C12H24O3.K.Na.2H/c2*1-2-3-4-5-6-7-8-9-10-11-12(13)15-14;;;;/h2*14H,2-11H2,1H3;;;;. The van der Waals surface area contributed by atoms with Gasteiger partial charge in [0.1, 0.15) is 0 Å². The second kappa shape index (κ2) is 37.1. The molecular formula is C24H50KNaO6. The number of carbonyl (C=O) groups excluding carboxylic acids is 2. The number of carbonyl (C=O) groups is 2. The maximum absolute atomic E-state index is 10.5. The predicted molar refractivity (Wildman–Crippen MR) is 135 cm³/mol. The molecule has 0 bridgehead atoms. The van der Waals surface area contributed by atoms with E-state index >= 15 is 0 Å². The van der Waals surface area contributed by atoms with Crippen LogP contribution in [0.2, 0.25) is 0 Å². The molecule has 2 N–H and O–H groups in total. The van der Waals surface area contributed by atoms with Gasteiger partial charge in [-0.25, -0.2) is 9.59 Å². The van der Waals surface area contributed by atoms with Gasteiger partial charge in [-0.2, -0.15) is 10.5 Å². The second-order valence-corrected chi connectivity index (χ2v) is 8.08. The first-order chi connectivity index (χ1) is 14.6. The van der Waals surface area contributed by atoms with E-state index in [4.69, 9.17) is 10.5 Å². The molecule has 0 aliphatic heterocycles. The van der Waals surface area contributed by atoms with Gasteiger partial charge in [0, 0.05) is 12.8 Å². The Kier molecular flexibility index (Phi) is 47.1. The van der Waals surface area contributed by atoms with Crippen LogP contribution >= 0.6 is 0 Å². The van der Waals surface area contributed by atoms with Crippen molar-refractivity contribution in [3.8, 4) is 0 Å². The SMILES string of the molecule is CCCCCCCCCCCC(=O)OO.CCCCCCCCCCCC(=O)OO.[KH].[NaH]. The summed E-state index contributed by atoms with van der Waals surface area (Å²) in [6, 6.07) is 0. The van der Waals surface area contributed by atoms with Gasteiger partial charge in [0.2, 0.25) is 0 Å². The molecule has 184 valence electrons. The fourth-order valence-corrected chi connectivity index (χ4v) is 3.25. The molecule has 0 saturated carbocycles. The zero-order valence-corrected chi connectivity index (χ0v) is 19.7. The van der Waals surface area contributed by atoms with Crippen LogP contribution in [0.3, 0.4) is 0 Å². The number of rotatable bonds is 20. The fourth-order valence-electron chi connectivity index (χ4n) is 3.25. The molecule has 0 spiro atoms. The number of hydrogen-bond acceptors (Lipinski definition) is 6. The molecule has 0 fully saturated rings. The van der Waals surface area contributed by atoms with Crippen molar-refractivity contribution in [2.24, 2.45) is 0 Å². The summed E-state index contributed by atoms with van der Waals surface area (Å²) in [7, 11) is 0. The molecule has 8 heteroatoms. The molecule has 0 saturated heterocycles. The predicted octanol–water partition coefficient (Wildman–Crippen LogP) is 6.55. The third-order valence-electron chi connectivity index (χ3n) is 5.17. The summed E-state index contributed by atoms with van der Waals surface area (Å²) in [4.78, 5) is 28.3. The topological polar surface area (TPSA) is 93.1 Å². The van der Waals surface area contributed by atoms with Gasteiger partial charge in [-0.05, 0) is 12.8 Å². The average Bonchev–Trinajstić information content (AvgIpc) is 2.76. The van der Waals surface area contributed by atoms with Crippen LogP contribution in [-0.2, 0) is 19.4 Å². The Morgan fingerprint density at radius 2 is 0.719 bits per heavy atom. The Morgan fingerprint density at radius 1 is 0.500 bits per heavy atom. The maximum atomic E-state index is 10.5. The molecule has 0 aromatic rings. The van der Waals surface area contributed by atoms with Gasteiger partial charge in [-0.1, -0.05) is 117 Å². The molecule has 6 nitrogen and oxygen atoms in total. The molecule has 0 radical (unpaired) electrons.